The molecule has 0 aliphatic heterocycles. The molecule has 18 heavy (non-hydrogen) atoms. The van der Waals surface area contributed by atoms with Crippen molar-refractivity contribution in [2.75, 3.05) is 0 Å². The van der Waals surface area contributed by atoms with Gasteiger partial charge in [-0.2, -0.15) is 0 Å². The van der Waals surface area contributed by atoms with E-state index in [0.717, 1.165) is 18.6 Å². The highest BCUT2D eigenvalue weighted by Gasteiger charge is 2.23. The van der Waals surface area contributed by atoms with Gasteiger partial charge in [0.25, 0.3) is 0 Å². The average molecular weight is 263 g/mol. The van der Waals surface area contributed by atoms with Crippen molar-refractivity contribution in [2.24, 2.45) is 0 Å². The standard InChI is InChI=1S/C16H19ClO/c17-14-4-2-1-3-13(11-14)12-5-7-15(8-6-12)18-16-9-10-16/h5-8,11,14,16H,1-4,9-10H2. The van der Waals surface area contributed by atoms with Crippen LogP contribution in [0.5, 0.6) is 5.75 Å². The minimum Gasteiger partial charge on any atom is -0.490 e. The van der Waals surface area contributed by atoms with Gasteiger partial charge in [-0.15, -0.1) is 11.6 Å². The van der Waals surface area contributed by atoms with Crippen LogP contribution in [0.1, 0.15) is 44.1 Å². The maximum atomic E-state index is 6.27. The van der Waals surface area contributed by atoms with E-state index >= 15 is 0 Å². The summed E-state index contributed by atoms with van der Waals surface area (Å²) >= 11 is 6.27. The smallest absolute Gasteiger partial charge is 0.119 e. The minimum atomic E-state index is 0.199. The Labute approximate surface area is 114 Å². The van der Waals surface area contributed by atoms with Gasteiger partial charge in [0, 0.05) is 0 Å². The van der Waals surface area contributed by atoms with Crippen molar-refractivity contribution in [1.29, 1.82) is 0 Å². The Morgan fingerprint density at radius 1 is 1.00 bits per heavy atom. The first-order valence-corrected chi connectivity index (χ1v) is 7.37. The zero-order valence-corrected chi connectivity index (χ0v) is 11.3. The number of benzene rings is 1. The fourth-order valence-electron chi connectivity index (χ4n) is 2.41. The molecule has 0 radical (unpaired) electrons. The topological polar surface area (TPSA) is 9.23 Å². The van der Waals surface area contributed by atoms with Gasteiger partial charge in [0.15, 0.2) is 0 Å². The van der Waals surface area contributed by atoms with Gasteiger partial charge in [0.1, 0.15) is 5.75 Å². The SMILES string of the molecule is ClC1C=C(c2ccc(OC3CC3)cc2)CCCC1. The molecule has 2 aliphatic rings. The van der Waals surface area contributed by atoms with Crippen LogP contribution < -0.4 is 4.74 Å². The lowest BCUT2D eigenvalue weighted by atomic mass is 10.0. The van der Waals surface area contributed by atoms with Crippen LogP contribution in [0.15, 0.2) is 30.3 Å². The van der Waals surface area contributed by atoms with Crippen molar-refractivity contribution in [3.63, 3.8) is 0 Å². The van der Waals surface area contributed by atoms with Gasteiger partial charge in [-0.05, 0) is 55.4 Å². The number of hydrogen-bond acceptors (Lipinski definition) is 1. The van der Waals surface area contributed by atoms with Crippen molar-refractivity contribution < 1.29 is 4.74 Å². The predicted octanol–water partition coefficient (Wildman–Crippen LogP) is 4.79. The third kappa shape index (κ3) is 3.08. The summed E-state index contributed by atoms with van der Waals surface area (Å²) in [5, 5.41) is 0.199. The molecule has 0 heterocycles. The first kappa shape index (κ1) is 12.1. The number of hydrogen-bond donors (Lipinski definition) is 0. The van der Waals surface area contributed by atoms with Gasteiger partial charge in [-0.1, -0.05) is 24.6 Å². The second-order valence-corrected chi connectivity index (χ2v) is 5.86. The van der Waals surface area contributed by atoms with Crippen LogP contribution in [-0.2, 0) is 0 Å². The molecule has 0 N–H and O–H groups in total. The summed E-state index contributed by atoms with van der Waals surface area (Å²) in [5.41, 5.74) is 2.69. The fraction of sp³-hybridized carbons (Fsp3) is 0.500. The molecule has 1 fully saturated rings. The zero-order chi connectivity index (χ0) is 12.4. The van der Waals surface area contributed by atoms with E-state index in [1.165, 1.54) is 36.8 Å². The van der Waals surface area contributed by atoms with E-state index in [1.807, 2.05) is 0 Å². The van der Waals surface area contributed by atoms with E-state index in [9.17, 15) is 0 Å². The quantitative estimate of drug-likeness (QED) is 0.712. The normalized spacial score (nSPS) is 24.3. The van der Waals surface area contributed by atoms with Crippen molar-refractivity contribution in [3.8, 4) is 5.75 Å². The summed E-state index contributed by atoms with van der Waals surface area (Å²) in [7, 11) is 0. The lowest BCUT2D eigenvalue weighted by Gasteiger charge is -2.08. The van der Waals surface area contributed by atoms with Gasteiger partial charge < -0.3 is 4.74 Å². The van der Waals surface area contributed by atoms with E-state index in [0.29, 0.717) is 6.10 Å². The third-order valence-corrected chi connectivity index (χ3v) is 3.95. The fourth-order valence-corrected chi connectivity index (χ4v) is 2.71. The average Bonchev–Trinajstić information content (AvgIpc) is 3.18. The molecule has 2 aliphatic carbocycles. The number of halogens is 1. The Morgan fingerprint density at radius 2 is 1.78 bits per heavy atom. The monoisotopic (exact) mass is 262 g/mol. The molecule has 0 amide bonds. The highest BCUT2D eigenvalue weighted by molar-refractivity contribution is 6.22. The van der Waals surface area contributed by atoms with Crippen molar-refractivity contribution in [2.45, 2.75) is 50.0 Å². The van der Waals surface area contributed by atoms with Gasteiger partial charge in [0.05, 0.1) is 11.5 Å². The maximum Gasteiger partial charge on any atom is 0.119 e. The largest absolute Gasteiger partial charge is 0.490 e. The van der Waals surface area contributed by atoms with Crippen molar-refractivity contribution >= 4 is 17.2 Å². The summed E-state index contributed by atoms with van der Waals surface area (Å²) < 4.78 is 5.77. The Kier molecular flexibility index (Phi) is 3.60. The lowest BCUT2D eigenvalue weighted by Crippen LogP contribution is -1.96. The molecule has 0 aromatic heterocycles. The lowest BCUT2D eigenvalue weighted by molar-refractivity contribution is 0.303. The second kappa shape index (κ2) is 5.36. The Morgan fingerprint density at radius 3 is 2.50 bits per heavy atom. The van der Waals surface area contributed by atoms with Gasteiger partial charge in [0.2, 0.25) is 0 Å². The van der Waals surface area contributed by atoms with Gasteiger partial charge in [-0.25, -0.2) is 0 Å². The molecule has 0 saturated heterocycles. The Balaban J connectivity index is 1.74. The van der Waals surface area contributed by atoms with E-state index in [-0.39, 0.29) is 5.38 Å². The van der Waals surface area contributed by atoms with Crippen LogP contribution in [0.4, 0.5) is 0 Å². The third-order valence-electron chi connectivity index (χ3n) is 3.61. The molecule has 2 heteroatoms. The molecule has 1 atom stereocenters. The molecular weight excluding hydrogens is 244 g/mol. The number of alkyl halides is 1. The Hall–Kier alpha value is -0.950. The van der Waals surface area contributed by atoms with Crippen LogP contribution in [0.2, 0.25) is 0 Å². The summed E-state index contributed by atoms with van der Waals surface area (Å²) in [6.45, 7) is 0. The van der Waals surface area contributed by atoms with E-state index in [4.69, 9.17) is 16.3 Å². The summed E-state index contributed by atoms with van der Waals surface area (Å²) in [5.74, 6) is 0.998. The van der Waals surface area contributed by atoms with Gasteiger partial charge >= 0.3 is 0 Å². The number of ether oxygens (including phenoxy) is 1. The van der Waals surface area contributed by atoms with Crippen LogP contribution in [0, 0.1) is 0 Å². The van der Waals surface area contributed by atoms with Crippen LogP contribution in [0.25, 0.3) is 5.57 Å². The highest BCUT2D eigenvalue weighted by atomic mass is 35.5. The van der Waals surface area contributed by atoms with Crippen LogP contribution in [0.3, 0.4) is 0 Å². The molecular formula is C16H19ClO. The van der Waals surface area contributed by atoms with E-state index < -0.39 is 0 Å². The first-order valence-electron chi connectivity index (χ1n) is 6.93. The van der Waals surface area contributed by atoms with Crippen LogP contribution in [-0.4, -0.2) is 11.5 Å². The van der Waals surface area contributed by atoms with Crippen LogP contribution >= 0.6 is 11.6 Å². The summed E-state index contributed by atoms with van der Waals surface area (Å²) in [6.07, 6.45) is 9.85. The minimum absolute atomic E-state index is 0.199. The molecule has 1 unspecified atom stereocenters. The molecule has 3 rings (SSSR count). The van der Waals surface area contributed by atoms with Crippen molar-refractivity contribution in [1.82, 2.24) is 0 Å². The highest BCUT2D eigenvalue weighted by Crippen LogP contribution is 2.31. The molecule has 0 spiro atoms. The summed E-state index contributed by atoms with van der Waals surface area (Å²) in [6, 6.07) is 8.50. The molecule has 96 valence electrons. The zero-order valence-electron chi connectivity index (χ0n) is 10.6. The molecule has 1 aromatic rings. The van der Waals surface area contributed by atoms with Gasteiger partial charge in [-0.3, -0.25) is 0 Å². The van der Waals surface area contributed by atoms with E-state index in [1.54, 1.807) is 0 Å². The number of rotatable bonds is 3. The number of allylic oxidation sites excluding steroid dienone is 2. The molecule has 0 bridgehead atoms. The van der Waals surface area contributed by atoms with E-state index in [2.05, 4.69) is 30.3 Å². The summed E-state index contributed by atoms with van der Waals surface area (Å²) in [4.78, 5) is 0. The molecule has 1 aromatic carbocycles. The molecule has 1 saturated carbocycles. The molecule has 1 nitrogen and oxygen atoms in total. The Bertz CT molecular complexity index is 431. The van der Waals surface area contributed by atoms with Crippen molar-refractivity contribution in [3.05, 3.63) is 35.9 Å². The maximum absolute atomic E-state index is 6.27. The first-order chi connectivity index (χ1) is 8.81. The predicted molar refractivity (Wildman–Crippen MR) is 76.2 cm³/mol. The second-order valence-electron chi connectivity index (χ2n) is 5.30.